The van der Waals surface area contributed by atoms with Crippen LogP contribution >= 0.6 is 0 Å². The Morgan fingerprint density at radius 1 is 1.27 bits per heavy atom. The van der Waals surface area contributed by atoms with Gasteiger partial charge in [0.2, 0.25) is 0 Å². The fourth-order valence-corrected chi connectivity index (χ4v) is 4.80. The predicted octanol–water partition coefficient (Wildman–Crippen LogP) is 1.37. The molecule has 0 bridgehead atoms. The summed E-state index contributed by atoms with van der Waals surface area (Å²) >= 11 is 0. The molecule has 2 fully saturated rings. The van der Waals surface area contributed by atoms with Gasteiger partial charge in [-0.2, -0.15) is 0 Å². The van der Waals surface area contributed by atoms with E-state index in [-0.39, 0.29) is 11.7 Å². The van der Waals surface area contributed by atoms with Gasteiger partial charge < -0.3 is 24.1 Å². The van der Waals surface area contributed by atoms with Crippen molar-refractivity contribution >= 4 is 17.9 Å². The second kappa shape index (κ2) is 6.52. The van der Waals surface area contributed by atoms with Crippen molar-refractivity contribution in [2.24, 2.45) is 11.8 Å². The summed E-state index contributed by atoms with van der Waals surface area (Å²) in [5, 5.41) is 11.0. The predicted molar refractivity (Wildman–Crippen MR) is 103 cm³/mol. The molecule has 0 unspecified atom stereocenters. The molecule has 162 valence electrons. The topological polar surface area (TPSA) is 112 Å². The van der Waals surface area contributed by atoms with E-state index in [1.54, 1.807) is 39.8 Å². The van der Waals surface area contributed by atoms with E-state index in [1.807, 2.05) is 0 Å². The van der Waals surface area contributed by atoms with E-state index in [1.165, 1.54) is 6.92 Å². The molecule has 2 aliphatic carbocycles. The fraction of sp³-hybridized carbons (Fsp3) is 0.591. The van der Waals surface area contributed by atoms with Crippen molar-refractivity contribution < 1.29 is 38.4 Å². The lowest BCUT2D eigenvalue weighted by molar-refractivity contribution is -0.172. The number of esters is 3. The molecular weight excluding hydrogens is 392 g/mol. The van der Waals surface area contributed by atoms with Crippen molar-refractivity contribution in [3.63, 3.8) is 0 Å². The summed E-state index contributed by atoms with van der Waals surface area (Å²) in [7, 11) is 0. The Kier molecular flexibility index (Phi) is 4.52. The van der Waals surface area contributed by atoms with Gasteiger partial charge in [0, 0.05) is 12.5 Å². The van der Waals surface area contributed by atoms with E-state index >= 15 is 0 Å². The van der Waals surface area contributed by atoms with Gasteiger partial charge >= 0.3 is 17.9 Å². The highest BCUT2D eigenvalue weighted by Crippen LogP contribution is 2.51. The molecule has 0 spiro atoms. The molecule has 2 aliphatic heterocycles. The quantitative estimate of drug-likeness (QED) is 0.317. The van der Waals surface area contributed by atoms with E-state index < -0.39 is 59.3 Å². The Hall–Kier alpha value is -2.45. The number of carbonyl (C=O) groups is 3. The summed E-state index contributed by atoms with van der Waals surface area (Å²) < 4.78 is 22.4. The van der Waals surface area contributed by atoms with Crippen LogP contribution in [0.5, 0.6) is 0 Å². The first-order valence-corrected chi connectivity index (χ1v) is 9.96. The number of allylic oxidation sites excluding steroid dienone is 1. The number of ether oxygens (including phenoxy) is 4. The molecule has 0 aromatic heterocycles. The molecular formula is C22H26O8. The number of epoxide rings is 1. The highest BCUT2D eigenvalue weighted by molar-refractivity contribution is 5.91. The SMILES string of the molecule is C=C1C(=O)O[C@H]2[C@H]1[C@@H](OC(C)=O)[C@H](OC(=O)[C@@]1(C)O[C@@H]1C)C(C)=C1C=C[C@](C)(O)[C@@H]12. The molecule has 4 rings (SSSR count). The average molecular weight is 418 g/mol. The van der Waals surface area contributed by atoms with Gasteiger partial charge in [-0.15, -0.1) is 0 Å². The molecule has 30 heavy (non-hydrogen) atoms. The summed E-state index contributed by atoms with van der Waals surface area (Å²) in [4.78, 5) is 37.2. The third-order valence-corrected chi connectivity index (χ3v) is 6.77. The lowest BCUT2D eigenvalue weighted by atomic mass is 9.78. The van der Waals surface area contributed by atoms with Crippen LogP contribution in [0.15, 0.2) is 35.5 Å². The Labute approximate surface area is 174 Å². The maximum absolute atomic E-state index is 12.9. The summed E-state index contributed by atoms with van der Waals surface area (Å²) in [6.07, 6.45) is 0.221. The van der Waals surface area contributed by atoms with Gasteiger partial charge in [-0.25, -0.2) is 9.59 Å². The maximum atomic E-state index is 12.9. The van der Waals surface area contributed by atoms with Crippen LogP contribution in [-0.2, 0) is 33.3 Å². The zero-order chi connectivity index (χ0) is 22.2. The third-order valence-electron chi connectivity index (χ3n) is 6.77. The van der Waals surface area contributed by atoms with Crippen molar-refractivity contribution in [1.82, 2.24) is 0 Å². The zero-order valence-electron chi connectivity index (χ0n) is 17.6. The summed E-state index contributed by atoms with van der Waals surface area (Å²) in [6.45, 7) is 11.9. The van der Waals surface area contributed by atoms with E-state index in [2.05, 4.69) is 6.58 Å². The molecule has 8 nitrogen and oxygen atoms in total. The lowest BCUT2D eigenvalue weighted by Crippen LogP contribution is -2.47. The van der Waals surface area contributed by atoms with Crippen LogP contribution < -0.4 is 0 Å². The standard InChI is InChI=1S/C22H26O8/c1-9-13-7-8-21(5,26)15(13)17-14(10(2)19(24)28-17)18(27-12(4)23)16(9)29-20(25)22(6)11(3)30-22/h7-8,11,14-18,26H,2H2,1,3-6H3/t11-,14+,15+,16-,17+,18-,21+,22+/m1/s1. The number of aliphatic hydroxyl groups is 1. The molecule has 4 aliphatic rings. The van der Waals surface area contributed by atoms with Crippen molar-refractivity contribution in [3.8, 4) is 0 Å². The summed E-state index contributed by atoms with van der Waals surface area (Å²) in [5.74, 6) is -3.20. The smallest absolute Gasteiger partial charge is 0.341 e. The minimum absolute atomic E-state index is 0.117. The van der Waals surface area contributed by atoms with Gasteiger partial charge in [0.1, 0.15) is 6.10 Å². The molecule has 0 saturated carbocycles. The third kappa shape index (κ3) is 2.93. The Balaban J connectivity index is 1.83. The molecule has 0 amide bonds. The van der Waals surface area contributed by atoms with Gasteiger partial charge in [-0.05, 0) is 38.8 Å². The van der Waals surface area contributed by atoms with Crippen LogP contribution in [0.1, 0.15) is 34.6 Å². The van der Waals surface area contributed by atoms with E-state index in [4.69, 9.17) is 18.9 Å². The molecule has 2 heterocycles. The van der Waals surface area contributed by atoms with Crippen molar-refractivity contribution in [2.45, 2.75) is 70.2 Å². The van der Waals surface area contributed by atoms with Crippen LogP contribution in [0.4, 0.5) is 0 Å². The lowest BCUT2D eigenvalue weighted by Gasteiger charge is -2.34. The average Bonchev–Trinajstić information content (AvgIpc) is 3.02. The minimum atomic E-state index is -1.30. The Bertz CT molecular complexity index is 912. The number of hydrogen-bond acceptors (Lipinski definition) is 8. The van der Waals surface area contributed by atoms with Crippen LogP contribution in [-0.4, -0.2) is 58.6 Å². The normalized spacial score (nSPS) is 44.2. The highest BCUT2D eigenvalue weighted by atomic mass is 16.7. The monoisotopic (exact) mass is 418 g/mol. The summed E-state index contributed by atoms with van der Waals surface area (Å²) in [6, 6.07) is 0. The highest BCUT2D eigenvalue weighted by Gasteiger charge is 2.62. The number of fused-ring (bicyclic) bond motifs is 3. The van der Waals surface area contributed by atoms with Crippen LogP contribution in [0.2, 0.25) is 0 Å². The largest absolute Gasteiger partial charge is 0.457 e. The molecule has 0 aromatic rings. The van der Waals surface area contributed by atoms with E-state index in [0.29, 0.717) is 11.1 Å². The second-order valence-electron chi connectivity index (χ2n) is 8.86. The van der Waals surface area contributed by atoms with Crippen molar-refractivity contribution in [2.75, 3.05) is 0 Å². The molecule has 8 heteroatoms. The second-order valence-corrected chi connectivity index (χ2v) is 8.86. The van der Waals surface area contributed by atoms with Gasteiger partial charge in [-0.3, -0.25) is 4.79 Å². The first-order valence-electron chi connectivity index (χ1n) is 9.96. The Morgan fingerprint density at radius 3 is 2.47 bits per heavy atom. The fourth-order valence-electron chi connectivity index (χ4n) is 4.80. The van der Waals surface area contributed by atoms with Crippen LogP contribution in [0.3, 0.4) is 0 Å². The van der Waals surface area contributed by atoms with Gasteiger partial charge in [0.25, 0.3) is 0 Å². The van der Waals surface area contributed by atoms with Gasteiger partial charge in [0.05, 0.1) is 23.5 Å². The molecule has 0 aromatic carbocycles. The van der Waals surface area contributed by atoms with Crippen LogP contribution in [0.25, 0.3) is 0 Å². The first kappa shape index (κ1) is 20.8. The molecule has 0 radical (unpaired) electrons. The van der Waals surface area contributed by atoms with Gasteiger partial charge in [-0.1, -0.05) is 18.7 Å². The van der Waals surface area contributed by atoms with Crippen molar-refractivity contribution in [3.05, 3.63) is 35.5 Å². The number of rotatable bonds is 3. The van der Waals surface area contributed by atoms with Gasteiger partial charge in [0.15, 0.2) is 17.8 Å². The number of carbonyl (C=O) groups excluding carboxylic acids is 3. The van der Waals surface area contributed by atoms with E-state index in [0.717, 1.165) is 0 Å². The minimum Gasteiger partial charge on any atom is -0.457 e. The molecule has 2 saturated heterocycles. The maximum Gasteiger partial charge on any atom is 0.341 e. The summed E-state index contributed by atoms with van der Waals surface area (Å²) in [5.41, 5.74) is -0.966. The molecule has 1 N–H and O–H groups in total. The van der Waals surface area contributed by atoms with Crippen LogP contribution in [0, 0.1) is 11.8 Å². The first-order chi connectivity index (χ1) is 13.9. The molecule has 8 atom stereocenters. The van der Waals surface area contributed by atoms with Crippen molar-refractivity contribution in [1.29, 1.82) is 0 Å². The van der Waals surface area contributed by atoms with E-state index in [9.17, 15) is 19.5 Å². The number of hydrogen-bond donors (Lipinski definition) is 1. The zero-order valence-corrected chi connectivity index (χ0v) is 17.6. The Morgan fingerprint density at radius 2 is 1.90 bits per heavy atom.